The van der Waals surface area contributed by atoms with Gasteiger partial charge in [-0.1, -0.05) is 18.2 Å². The molecule has 5 heterocycles. The highest BCUT2D eigenvalue weighted by molar-refractivity contribution is 5.66. The Balaban J connectivity index is 1.30. The number of fused-ring (bicyclic) bond motifs is 1. The Bertz CT molecular complexity index is 1420. The molecule has 4 aromatic rings. The molecule has 9 nitrogen and oxygen atoms in total. The van der Waals surface area contributed by atoms with Gasteiger partial charge in [0.25, 0.3) is 0 Å². The van der Waals surface area contributed by atoms with Crippen LogP contribution in [-0.4, -0.2) is 68.4 Å². The molecule has 0 saturated carbocycles. The molecule has 184 valence electrons. The van der Waals surface area contributed by atoms with Gasteiger partial charge in [0.05, 0.1) is 17.9 Å². The lowest BCUT2D eigenvalue weighted by atomic mass is 10.0. The first kappa shape index (κ1) is 22.3. The highest BCUT2D eigenvalue weighted by atomic mass is 19.1. The number of hydrogen-bond acceptors (Lipinski definition) is 6. The molecule has 1 N–H and O–H groups in total. The lowest BCUT2D eigenvalue weighted by Crippen LogP contribution is -2.48. The molecule has 0 aliphatic carbocycles. The van der Waals surface area contributed by atoms with Gasteiger partial charge in [0, 0.05) is 32.7 Å². The molecule has 2 fully saturated rings. The van der Waals surface area contributed by atoms with Gasteiger partial charge in [0.1, 0.15) is 23.1 Å². The van der Waals surface area contributed by atoms with Crippen LogP contribution in [0.2, 0.25) is 0 Å². The molecule has 2 aliphatic rings. The Labute approximate surface area is 207 Å². The summed E-state index contributed by atoms with van der Waals surface area (Å²) in [5, 5.41) is 14.1. The predicted octanol–water partition coefficient (Wildman–Crippen LogP) is 4.07. The van der Waals surface area contributed by atoms with E-state index >= 15 is 0 Å². The highest BCUT2D eigenvalue weighted by Gasteiger charge is 2.28. The zero-order valence-electron chi connectivity index (χ0n) is 19.7. The van der Waals surface area contributed by atoms with Crippen LogP contribution in [0.5, 0.6) is 0 Å². The minimum absolute atomic E-state index is 0.0727. The maximum absolute atomic E-state index is 13.9. The van der Waals surface area contributed by atoms with Crippen LogP contribution in [-0.2, 0) is 0 Å². The lowest BCUT2D eigenvalue weighted by molar-refractivity contribution is 0.142. The smallest absolute Gasteiger partial charge is 0.407 e. The Kier molecular flexibility index (Phi) is 5.63. The number of hydrogen-bond donors (Lipinski definition) is 1. The molecule has 36 heavy (non-hydrogen) atoms. The number of carbonyl (C=O) groups is 1. The number of benzene rings is 1. The average Bonchev–Trinajstić information content (AvgIpc) is 3.56. The molecule has 0 radical (unpaired) electrons. The van der Waals surface area contributed by atoms with Crippen LogP contribution in [0.1, 0.15) is 24.4 Å². The van der Waals surface area contributed by atoms with E-state index in [1.807, 2.05) is 40.9 Å². The number of piperazine rings is 1. The summed E-state index contributed by atoms with van der Waals surface area (Å²) in [5.41, 5.74) is 3.20. The van der Waals surface area contributed by atoms with Crippen molar-refractivity contribution in [3.8, 4) is 11.4 Å². The fraction of sp³-hybridized carbons (Fsp3) is 0.308. The second-order valence-electron chi connectivity index (χ2n) is 9.15. The standard InChI is InChI=1S/C26H26FN7O2/c27-19-5-1-4-18(16-19)21-7-3-11-33(21)25-10-9-23-28-17-22(34(23)30-25)20-6-2-8-24(29-20)31-12-14-32(15-13-31)26(35)36/h1-2,4-6,8-10,16-17,21H,3,7,11-15H2,(H,35,36). The van der Waals surface area contributed by atoms with Crippen molar-refractivity contribution < 1.29 is 14.3 Å². The first-order valence-corrected chi connectivity index (χ1v) is 12.1. The first-order chi connectivity index (χ1) is 17.6. The summed E-state index contributed by atoms with van der Waals surface area (Å²) >= 11 is 0. The summed E-state index contributed by atoms with van der Waals surface area (Å²) in [5.74, 6) is 1.39. The van der Waals surface area contributed by atoms with E-state index in [9.17, 15) is 14.3 Å². The van der Waals surface area contributed by atoms with Gasteiger partial charge in [0.15, 0.2) is 5.65 Å². The molecule has 1 unspecified atom stereocenters. The molecular weight excluding hydrogens is 461 g/mol. The minimum atomic E-state index is -0.887. The fourth-order valence-corrected chi connectivity index (χ4v) is 5.16. The van der Waals surface area contributed by atoms with E-state index in [-0.39, 0.29) is 11.9 Å². The van der Waals surface area contributed by atoms with Crippen LogP contribution in [0, 0.1) is 5.82 Å². The zero-order chi connectivity index (χ0) is 24.6. The number of halogens is 1. The first-order valence-electron chi connectivity index (χ1n) is 12.1. The van der Waals surface area contributed by atoms with Gasteiger partial charge in [-0.3, -0.25) is 0 Å². The van der Waals surface area contributed by atoms with Crippen LogP contribution in [0.4, 0.5) is 20.8 Å². The Morgan fingerprint density at radius 1 is 0.972 bits per heavy atom. The number of imidazole rings is 1. The molecule has 1 atom stereocenters. The largest absolute Gasteiger partial charge is 0.465 e. The van der Waals surface area contributed by atoms with Crippen LogP contribution >= 0.6 is 0 Å². The van der Waals surface area contributed by atoms with E-state index in [1.54, 1.807) is 18.3 Å². The molecule has 6 rings (SSSR count). The predicted molar refractivity (Wildman–Crippen MR) is 134 cm³/mol. The summed E-state index contributed by atoms with van der Waals surface area (Å²) in [4.78, 5) is 26.4. The lowest BCUT2D eigenvalue weighted by Gasteiger charge is -2.33. The third kappa shape index (κ3) is 4.08. The van der Waals surface area contributed by atoms with E-state index in [4.69, 9.17) is 10.1 Å². The van der Waals surface area contributed by atoms with E-state index in [0.717, 1.165) is 53.6 Å². The maximum Gasteiger partial charge on any atom is 0.407 e. The fourth-order valence-electron chi connectivity index (χ4n) is 5.16. The van der Waals surface area contributed by atoms with E-state index in [0.29, 0.717) is 26.2 Å². The number of aromatic nitrogens is 4. The molecular formula is C26H26FN7O2. The van der Waals surface area contributed by atoms with Crippen LogP contribution in [0.15, 0.2) is 60.8 Å². The minimum Gasteiger partial charge on any atom is -0.465 e. The Morgan fingerprint density at radius 2 is 1.81 bits per heavy atom. The van der Waals surface area contributed by atoms with Gasteiger partial charge in [-0.15, -0.1) is 5.10 Å². The molecule has 10 heteroatoms. The third-order valence-corrected chi connectivity index (χ3v) is 7.00. The molecule has 0 bridgehead atoms. The van der Waals surface area contributed by atoms with Crippen LogP contribution in [0.25, 0.3) is 17.0 Å². The number of carboxylic acid groups (broad SMARTS) is 1. The number of rotatable bonds is 4. The van der Waals surface area contributed by atoms with Crippen molar-refractivity contribution in [3.63, 3.8) is 0 Å². The molecule has 1 aromatic carbocycles. The monoisotopic (exact) mass is 487 g/mol. The molecule has 0 spiro atoms. The normalized spacial score (nSPS) is 18.2. The quantitative estimate of drug-likeness (QED) is 0.464. The van der Waals surface area contributed by atoms with Crippen LogP contribution in [0.3, 0.4) is 0 Å². The van der Waals surface area contributed by atoms with Gasteiger partial charge in [-0.05, 0) is 54.8 Å². The summed E-state index contributed by atoms with van der Waals surface area (Å²) in [7, 11) is 0. The van der Waals surface area contributed by atoms with Crippen molar-refractivity contribution in [2.75, 3.05) is 42.5 Å². The topological polar surface area (TPSA) is 90.1 Å². The van der Waals surface area contributed by atoms with Crippen molar-refractivity contribution >= 4 is 23.4 Å². The van der Waals surface area contributed by atoms with Gasteiger partial charge in [-0.2, -0.15) is 0 Å². The number of amides is 1. The van der Waals surface area contributed by atoms with Crippen LogP contribution < -0.4 is 9.80 Å². The number of pyridine rings is 1. The second kappa shape index (κ2) is 9.10. The maximum atomic E-state index is 13.9. The van der Waals surface area contributed by atoms with E-state index in [2.05, 4.69) is 14.8 Å². The van der Waals surface area contributed by atoms with Crippen molar-refractivity contribution in [3.05, 3.63) is 72.2 Å². The zero-order valence-corrected chi connectivity index (χ0v) is 19.7. The number of anilines is 2. The SMILES string of the molecule is O=C(O)N1CCN(c2cccc(-c3cnc4ccc(N5CCCC5c5cccc(F)c5)nn34)n2)CC1. The van der Waals surface area contributed by atoms with Crippen molar-refractivity contribution in [1.29, 1.82) is 0 Å². The van der Waals surface area contributed by atoms with Crippen molar-refractivity contribution in [1.82, 2.24) is 24.5 Å². The van der Waals surface area contributed by atoms with E-state index in [1.165, 1.54) is 11.0 Å². The molecule has 3 aromatic heterocycles. The van der Waals surface area contributed by atoms with Gasteiger partial charge in [0.2, 0.25) is 0 Å². The Hall–Kier alpha value is -4.21. The highest BCUT2D eigenvalue weighted by Crippen LogP contribution is 2.35. The average molecular weight is 488 g/mol. The van der Waals surface area contributed by atoms with Crippen molar-refractivity contribution in [2.45, 2.75) is 18.9 Å². The second-order valence-corrected chi connectivity index (χ2v) is 9.15. The van der Waals surface area contributed by atoms with Gasteiger partial charge >= 0.3 is 6.09 Å². The molecule has 2 aliphatic heterocycles. The van der Waals surface area contributed by atoms with Gasteiger partial charge in [-0.25, -0.2) is 23.7 Å². The summed E-state index contributed by atoms with van der Waals surface area (Å²) < 4.78 is 15.7. The summed E-state index contributed by atoms with van der Waals surface area (Å²) in [6.07, 6.45) is 2.84. The molecule has 1 amide bonds. The summed E-state index contributed by atoms with van der Waals surface area (Å²) in [6, 6.07) is 16.6. The third-order valence-electron chi connectivity index (χ3n) is 7.00. The molecule has 2 saturated heterocycles. The Morgan fingerprint density at radius 3 is 2.61 bits per heavy atom. The van der Waals surface area contributed by atoms with Crippen molar-refractivity contribution in [2.24, 2.45) is 0 Å². The van der Waals surface area contributed by atoms with Gasteiger partial charge < -0.3 is 19.8 Å². The van der Waals surface area contributed by atoms with E-state index < -0.39 is 6.09 Å². The number of nitrogens with zero attached hydrogens (tertiary/aromatic N) is 7. The summed E-state index contributed by atoms with van der Waals surface area (Å²) in [6.45, 7) is 2.93.